The molecule has 2 aromatic carbocycles. The van der Waals surface area contributed by atoms with E-state index in [1.54, 1.807) is 14.2 Å². The zero-order valence-electron chi connectivity index (χ0n) is 12.1. The van der Waals surface area contributed by atoms with Crippen LogP contribution in [-0.2, 0) is 6.42 Å². The van der Waals surface area contributed by atoms with Crippen LogP contribution in [0.5, 0.6) is 11.5 Å². The van der Waals surface area contributed by atoms with Gasteiger partial charge in [0.15, 0.2) is 11.5 Å². The molecular weight excluding hydrogens is 266 g/mol. The second kappa shape index (κ2) is 5.58. The van der Waals surface area contributed by atoms with Gasteiger partial charge in [-0.2, -0.15) is 0 Å². The molecule has 1 heterocycles. The molecule has 0 spiro atoms. The van der Waals surface area contributed by atoms with E-state index in [9.17, 15) is 5.11 Å². The molecule has 0 aliphatic rings. The quantitative estimate of drug-likeness (QED) is 0.748. The summed E-state index contributed by atoms with van der Waals surface area (Å²) in [5.41, 5.74) is 1.97. The van der Waals surface area contributed by atoms with Gasteiger partial charge in [0.1, 0.15) is 0 Å². The van der Waals surface area contributed by atoms with Gasteiger partial charge >= 0.3 is 0 Å². The Kier molecular flexibility index (Phi) is 3.62. The first-order valence-corrected chi connectivity index (χ1v) is 6.81. The third kappa shape index (κ3) is 2.28. The number of hydrogen-bond acceptors (Lipinski definition) is 4. The molecule has 3 aromatic rings. The van der Waals surface area contributed by atoms with Gasteiger partial charge < -0.3 is 14.6 Å². The molecule has 0 saturated carbocycles. The summed E-state index contributed by atoms with van der Waals surface area (Å²) in [6.07, 6.45) is 2.43. The van der Waals surface area contributed by atoms with Crippen molar-refractivity contribution in [1.29, 1.82) is 0 Å². The average molecular weight is 283 g/mol. The fraction of sp³-hybridized carbons (Fsp3) is 0.235. The van der Waals surface area contributed by atoms with Gasteiger partial charge in [0.25, 0.3) is 0 Å². The van der Waals surface area contributed by atoms with Crippen molar-refractivity contribution in [2.75, 3.05) is 20.8 Å². The molecule has 108 valence electrons. The minimum absolute atomic E-state index is 0.116. The lowest BCUT2D eigenvalue weighted by Gasteiger charge is -2.11. The average Bonchev–Trinajstić information content (AvgIpc) is 2.53. The minimum atomic E-state index is 0.116. The van der Waals surface area contributed by atoms with Crippen LogP contribution < -0.4 is 9.47 Å². The smallest absolute Gasteiger partial charge is 0.161 e. The van der Waals surface area contributed by atoms with Gasteiger partial charge in [-0.3, -0.25) is 4.98 Å². The minimum Gasteiger partial charge on any atom is -0.493 e. The first kappa shape index (κ1) is 13.6. The van der Waals surface area contributed by atoms with Crippen LogP contribution in [0.15, 0.2) is 36.5 Å². The van der Waals surface area contributed by atoms with Crippen LogP contribution >= 0.6 is 0 Å². The topological polar surface area (TPSA) is 51.6 Å². The molecule has 0 fully saturated rings. The first-order chi connectivity index (χ1) is 10.3. The fourth-order valence-corrected chi connectivity index (χ4v) is 2.65. The predicted molar refractivity (Wildman–Crippen MR) is 83.1 cm³/mol. The molecule has 1 aromatic heterocycles. The Morgan fingerprint density at radius 1 is 1.05 bits per heavy atom. The van der Waals surface area contributed by atoms with Crippen LogP contribution in [0.1, 0.15) is 5.56 Å². The van der Waals surface area contributed by atoms with E-state index in [-0.39, 0.29) is 6.61 Å². The highest BCUT2D eigenvalue weighted by Gasteiger charge is 2.10. The summed E-state index contributed by atoms with van der Waals surface area (Å²) in [5.74, 6) is 1.39. The van der Waals surface area contributed by atoms with E-state index < -0.39 is 0 Å². The maximum Gasteiger partial charge on any atom is 0.161 e. The van der Waals surface area contributed by atoms with E-state index in [0.29, 0.717) is 17.9 Å². The van der Waals surface area contributed by atoms with E-state index in [2.05, 4.69) is 4.98 Å². The van der Waals surface area contributed by atoms with Crippen molar-refractivity contribution in [3.8, 4) is 11.5 Å². The standard InChI is InChI=1S/C17H17NO3/c1-20-15-8-12-10-18-17-11(6-7-19)4-3-5-13(17)14(12)9-16(15)21-2/h3-5,8-10,19H,6-7H2,1-2H3. The number of rotatable bonds is 4. The van der Waals surface area contributed by atoms with Crippen molar-refractivity contribution in [3.63, 3.8) is 0 Å². The number of para-hydroxylation sites is 1. The van der Waals surface area contributed by atoms with Crippen molar-refractivity contribution >= 4 is 21.7 Å². The SMILES string of the molecule is COc1cc2cnc3c(CCO)cccc3c2cc1OC. The largest absolute Gasteiger partial charge is 0.493 e. The summed E-state index contributed by atoms with van der Waals surface area (Å²) in [7, 11) is 3.25. The number of fused-ring (bicyclic) bond motifs is 3. The van der Waals surface area contributed by atoms with E-state index in [1.807, 2.05) is 36.5 Å². The summed E-state index contributed by atoms with van der Waals surface area (Å²) in [4.78, 5) is 4.55. The summed E-state index contributed by atoms with van der Waals surface area (Å²) >= 11 is 0. The molecule has 4 heteroatoms. The van der Waals surface area contributed by atoms with Gasteiger partial charge in [0, 0.05) is 23.6 Å². The summed E-state index contributed by atoms with van der Waals surface area (Å²) < 4.78 is 10.7. The Balaban J connectivity index is 2.34. The van der Waals surface area contributed by atoms with Gasteiger partial charge in [0.2, 0.25) is 0 Å². The zero-order chi connectivity index (χ0) is 14.8. The molecule has 21 heavy (non-hydrogen) atoms. The van der Waals surface area contributed by atoms with Crippen LogP contribution in [0.2, 0.25) is 0 Å². The molecule has 0 unspecified atom stereocenters. The Labute approximate surface area is 122 Å². The summed E-state index contributed by atoms with van der Waals surface area (Å²) in [5, 5.41) is 12.3. The Bertz CT molecular complexity index is 799. The van der Waals surface area contributed by atoms with Crippen LogP contribution in [0, 0.1) is 0 Å². The molecule has 0 bridgehead atoms. The molecule has 0 aliphatic heterocycles. The highest BCUT2D eigenvalue weighted by Crippen LogP contribution is 2.35. The molecule has 0 aliphatic carbocycles. The van der Waals surface area contributed by atoms with Crippen LogP contribution in [0.3, 0.4) is 0 Å². The van der Waals surface area contributed by atoms with Gasteiger partial charge in [-0.15, -0.1) is 0 Å². The third-order valence-corrected chi connectivity index (χ3v) is 3.68. The molecule has 1 N–H and O–H groups in total. The predicted octanol–water partition coefficient (Wildman–Crippen LogP) is 2.94. The van der Waals surface area contributed by atoms with E-state index in [4.69, 9.17) is 9.47 Å². The number of hydrogen-bond donors (Lipinski definition) is 1. The van der Waals surface area contributed by atoms with Gasteiger partial charge in [-0.25, -0.2) is 0 Å². The number of benzene rings is 2. The maximum atomic E-state index is 9.18. The molecule has 4 nitrogen and oxygen atoms in total. The Morgan fingerprint density at radius 2 is 1.81 bits per heavy atom. The van der Waals surface area contributed by atoms with Crippen LogP contribution in [0.25, 0.3) is 21.7 Å². The normalized spacial score (nSPS) is 11.0. The van der Waals surface area contributed by atoms with Crippen LogP contribution in [-0.4, -0.2) is 30.9 Å². The van der Waals surface area contributed by atoms with Gasteiger partial charge in [-0.05, 0) is 29.5 Å². The van der Waals surface area contributed by atoms with E-state index >= 15 is 0 Å². The fourth-order valence-electron chi connectivity index (χ4n) is 2.65. The van der Waals surface area contributed by atoms with Crippen molar-refractivity contribution in [3.05, 3.63) is 42.1 Å². The highest BCUT2D eigenvalue weighted by molar-refractivity contribution is 6.07. The van der Waals surface area contributed by atoms with Crippen molar-refractivity contribution < 1.29 is 14.6 Å². The van der Waals surface area contributed by atoms with Crippen LogP contribution in [0.4, 0.5) is 0 Å². The third-order valence-electron chi connectivity index (χ3n) is 3.68. The number of methoxy groups -OCH3 is 2. The molecule has 0 radical (unpaired) electrons. The second-order valence-corrected chi connectivity index (χ2v) is 4.84. The summed E-state index contributed by atoms with van der Waals surface area (Å²) in [6, 6.07) is 9.93. The first-order valence-electron chi connectivity index (χ1n) is 6.81. The van der Waals surface area contributed by atoms with Crippen molar-refractivity contribution in [1.82, 2.24) is 4.98 Å². The Morgan fingerprint density at radius 3 is 2.52 bits per heavy atom. The molecular formula is C17H17NO3. The Hall–Kier alpha value is -2.33. The highest BCUT2D eigenvalue weighted by atomic mass is 16.5. The lowest BCUT2D eigenvalue weighted by atomic mass is 10.0. The zero-order valence-corrected chi connectivity index (χ0v) is 12.1. The van der Waals surface area contributed by atoms with Gasteiger partial charge in [0.05, 0.1) is 19.7 Å². The van der Waals surface area contributed by atoms with E-state index in [1.165, 1.54) is 0 Å². The number of aliphatic hydroxyl groups is 1. The molecule has 0 atom stereocenters. The van der Waals surface area contributed by atoms with Crippen molar-refractivity contribution in [2.45, 2.75) is 6.42 Å². The molecule has 3 rings (SSSR count). The van der Waals surface area contributed by atoms with Crippen molar-refractivity contribution in [2.24, 2.45) is 0 Å². The van der Waals surface area contributed by atoms with Gasteiger partial charge in [-0.1, -0.05) is 18.2 Å². The number of aromatic nitrogens is 1. The second-order valence-electron chi connectivity index (χ2n) is 4.84. The number of aliphatic hydroxyl groups excluding tert-OH is 1. The number of nitrogens with zero attached hydrogens (tertiary/aromatic N) is 1. The lowest BCUT2D eigenvalue weighted by molar-refractivity contribution is 0.300. The summed E-state index contributed by atoms with van der Waals surface area (Å²) in [6.45, 7) is 0.116. The molecule has 0 saturated heterocycles. The maximum absolute atomic E-state index is 9.18. The monoisotopic (exact) mass is 283 g/mol. The number of ether oxygens (including phenoxy) is 2. The molecule has 0 amide bonds. The van der Waals surface area contributed by atoms with E-state index in [0.717, 1.165) is 27.2 Å². The lowest BCUT2D eigenvalue weighted by Crippen LogP contribution is -1.95. The number of pyridine rings is 1.